The van der Waals surface area contributed by atoms with E-state index >= 15 is 0 Å². The molecule has 0 spiro atoms. The smallest absolute Gasteiger partial charge is 0.345 e. The molecule has 110 valence electrons. The number of hydrogen-bond acceptors (Lipinski definition) is 6. The number of benzene rings is 1. The molecule has 0 aliphatic heterocycles. The molecule has 0 aliphatic carbocycles. The number of aliphatic carboxylic acids is 2. The minimum absolute atomic E-state index is 0.250. The monoisotopic (exact) mass is 305 g/mol. The van der Waals surface area contributed by atoms with E-state index in [1.54, 1.807) is 0 Å². The van der Waals surface area contributed by atoms with Gasteiger partial charge in [0, 0.05) is 6.07 Å². The molecule has 0 amide bonds. The van der Waals surface area contributed by atoms with Gasteiger partial charge in [-0.05, 0) is 12.1 Å². The van der Waals surface area contributed by atoms with Crippen LogP contribution in [0.3, 0.4) is 0 Å². The predicted molar refractivity (Wildman–Crippen MR) is 65.0 cm³/mol. The standard InChI is InChI=1S/C10H11NO8S/c11-6-2-1-5(3-8(6)20(16,17)18)19-7(10(14)15)4-9(12)13/h1-3,7H,4,11H2,(H,12,13)(H,14,15)(H,16,17,18). The highest BCUT2D eigenvalue weighted by Gasteiger charge is 2.24. The third-order valence-corrected chi connectivity index (χ3v) is 3.09. The molecule has 5 N–H and O–H groups in total. The van der Waals surface area contributed by atoms with Crippen molar-refractivity contribution in [2.45, 2.75) is 17.4 Å². The van der Waals surface area contributed by atoms with Crippen LogP contribution in [0.5, 0.6) is 5.75 Å². The number of nitrogens with two attached hydrogens (primary N) is 1. The summed E-state index contributed by atoms with van der Waals surface area (Å²) >= 11 is 0. The molecule has 20 heavy (non-hydrogen) atoms. The quantitative estimate of drug-likeness (QED) is 0.412. The molecule has 0 aromatic heterocycles. The van der Waals surface area contributed by atoms with E-state index in [2.05, 4.69) is 0 Å². The van der Waals surface area contributed by atoms with Crippen molar-refractivity contribution in [3.63, 3.8) is 0 Å². The molecular weight excluding hydrogens is 294 g/mol. The van der Waals surface area contributed by atoms with Gasteiger partial charge in [0.2, 0.25) is 6.10 Å². The highest BCUT2D eigenvalue weighted by atomic mass is 32.2. The van der Waals surface area contributed by atoms with Gasteiger partial charge in [0.15, 0.2) is 0 Å². The summed E-state index contributed by atoms with van der Waals surface area (Å²) in [6.45, 7) is 0. The predicted octanol–water partition coefficient (Wildman–Crippen LogP) is -0.178. The fraction of sp³-hybridized carbons (Fsp3) is 0.200. The minimum atomic E-state index is -4.60. The Bertz CT molecular complexity index is 639. The third-order valence-electron chi connectivity index (χ3n) is 2.18. The van der Waals surface area contributed by atoms with Crippen molar-refractivity contribution in [1.29, 1.82) is 0 Å². The molecular formula is C10H11NO8S. The first kappa shape index (κ1) is 15.7. The average Bonchev–Trinajstić information content (AvgIpc) is 2.28. The molecule has 0 bridgehead atoms. The molecule has 0 fully saturated rings. The van der Waals surface area contributed by atoms with E-state index in [0.717, 1.165) is 18.2 Å². The lowest BCUT2D eigenvalue weighted by molar-refractivity contribution is -0.151. The van der Waals surface area contributed by atoms with E-state index in [-0.39, 0.29) is 11.4 Å². The van der Waals surface area contributed by atoms with Crippen LogP contribution in [0.25, 0.3) is 0 Å². The lowest BCUT2D eigenvalue weighted by atomic mass is 10.2. The van der Waals surface area contributed by atoms with Crippen LogP contribution >= 0.6 is 0 Å². The van der Waals surface area contributed by atoms with Crippen molar-refractivity contribution >= 4 is 27.7 Å². The van der Waals surface area contributed by atoms with Gasteiger partial charge in [0.25, 0.3) is 10.1 Å². The molecule has 1 aromatic rings. The number of hydrogen-bond donors (Lipinski definition) is 4. The average molecular weight is 305 g/mol. The summed E-state index contributed by atoms with van der Waals surface area (Å²) < 4.78 is 35.8. The van der Waals surface area contributed by atoms with E-state index in [1.807, 2.05) is 0 Å². The van der Waals surface area contributed by atoms with E-state index in [4.69, 9.17) is 25.2 Å². The highest BCUT2D eigenvalue weighted by Crippen LogP contribution is 2.25. The van der Waals surface area contributed by atoms with Gasteiger partial charge < -0.3 is 20.7 Å². The maximum absolute atomic E-state index is 11.0. The zero-order valence-electron chi connectivity index (χ0n) is 9.88. The van der Waals surface area contributed by atoms with Crippen molar-refractivity contribution in [2.75, 3.05) is 5.73 Å². The van der Waals surface area contributed by atoms with Crippen LogP contribution in [0.1, 0.15) is 6.42 Å². The number of nitrogen functional groups attached to an aromatic ring is 1. The second-order valence-electron chi connectivity index (χ2n) is 3.72. The molecule has 0 radical (unpaired) electrons. The topological polar surface area (TPSA) is 164 Å². The molecule has 10 heteroatoms. The SMILES string of the molecule is Nc1ccc(OC(CC(=O)O)C(=O)O)cc1S(=O)(=O)O. The van der Waals surface area contributed by atoms with Crippen molar-refractivity contribution in [3.05, 3.63) is 18.2 Å². The third kappa shape index (κ3) is 4.10. The molecule has 0 saturated carbocycles. The van der Waals surface area contributed by atoms with Crippen molar-refractivity contribution < 1.29 is 37.5 Å². The Balaban J connectivity index is 3.09. The number of rotatable bonds is 6. The molecule has 1 aromatic carbocycles. The summed E-state index contributed by atoms with van der Waals surface area (Å²) in [4.78, 5) is 20.6. The summed E-state index contributed by atoms with van der Waals surface area (Å²) in [5, 5.41) is 17.3. The molecule has 1 atom stereocenters. The Hall–Kier alpha value is -2.33. The first-order valence-electron chi connectivity index (χ1n) is 5.09. The summed E-state index contributed by atoms with van der Waals surface area (Å²) in [5.41, 5.74) is 5.08. The van der Waals surface area contributed by atoms with Crippen molar-refractivity contribution in [3.8, 4) is 5.75 Å². The van der Waals surface area contributed by atoms with Crippen LogP contribution in [0, 0.1) is 0 Å². The lowest BCUT2D eigenvalue weighted by Gasteiger charge is -2.14. The van der Waals surface area contributed by atoms with Crippen molar-refractivity contribution in [2.24, 2.45) is 0 Å². The van der Waals surface area contributed by atoms with Gasteiger partial charge in [-0.2, -0.15) is 8.42 Å². The number of anilines is 1. The van der Waals surface area contributed by atoms with Gasteiger partial charge in [-0.1, -0.05) is 0 Å². The Labute approximate surface area is 113 Å². The van der Waals surface area contributed by atoms with E-state index in [0.29, 0.717) is 0 Å². The summed E-state index contributed by atoms with van der Waals surface area (Å²) in [6.07, 6.45) is -2.52. The molecule has 0 saturated heterocycles. The molecule has 1 unspecified atom stereocenters. The van der Waals surface area contributed by atoms with Crippen LogP contribution in [-0.2, 0) is 19.7 Å². The van der Waals surface area contributed by atoms with Crippen LogP contribution in [-0.4, -0.2) is 41.2 Å². The highest BCUT2D eigenvalue weighted by molar-refractivity contribution is 7.86. The van der Waals surface area contributed by atoms with Crippen LogP contribution in [0.2, 0.25) is 0 Å². The van der Waals surface area contributed by atoms with E-state index < -0.39 is 39.5 Å². The van der Waals surface area contributed by atoms with Gasteiger partial charge in [0.05, 0.1) is 12.1 Å². The summed E-state index contributed by atoms with van der Waals surface area (Å²) in [7, 11) is -4.60. The zero-order chi connectivity index (χ0) is 15.5. The van der Waals surface area contributed by atoms with Crippen molar-refractivity contribution in [1.82, 2.24) is 0 Å². The number of carbonyl (C=O) groups is 2. The molecule has 9 nitrogen and oxygen atoms in total. The van der Waals surface area contributed by atoms with Gasteiger partial charge in [0.1, 0.15) is 10.6 Å². The number of ether oxygens (including phenoxy) is 1. The maximum Gasteiger partial charge on any atom is 0.345 e. The normalized spacial score (nSPS) is 12.7. The maximum atomic E-state index is 11.0. The Morgan fingerprint density at radius 3 is 2.35 bits per heavy atom. The van der Waals surface area contributed by atoms with Crippen LogP contribution in [0.15, 0.2) is 23.1 Å². The first-order valence-corrected chi connectivity index (χ1v) is 6.53. The number of carboxylic acids is 2. The lowest BCUT2D eigenvalue weighted by Crippen LogP contribution is -2.29. The Morgan fingerprint density at radius 1 is 1.30 bits per heavy atom. The van der Waals surface area contributed by atoms with E-state index in [1.165, 1.54) is 0 Å². The van der Waals surface area contributed by atoms with E-state index in [9.17, 15) is 18.0 Å². The van der Waals surface area contributed by atoms with Gasteiger partial charge in [-0.25, -0.2) is 4.79 Å². The van der Waals surface area contributed by atoms with Crippen LogP contribution in [0.4, 0.5) is 5.69 Å². The zero-order valence-corrected chi connectivity index (χ0v) is 10.7. The summed E-state index contributed by atoms with van der Waals surface area (Å²) in [6, 6.07) is 3.04. The first-order chi connectivity index (χ1) is 9.11. The fourth-order valence-electron chi connectivity index (χ4n) is 1.31. The summed E-state index contributed by atoms with van der Waals surface area (Å²) in [5.74, 6) is -3.18. The van der Waals surface area contributed by atoms with Gasteiger partial charge in [-0.3, -0.25) is 9.35 Å². The van der Waals surface area contributed by atoms with Crippen LogP contribution < -0.4 is 10.5 Å². The van der Waals surface area contributed by atoms with Gasteiger partial charge in [-0.15, -0.1) is 0 Å². The largest absolute Gasteiger partial charge is 0.481 e. The number of carboxylic acid groups (broad SMARTS) is 2. The minimum Gasteiger partial charge on any atom is -0.481 e. The second-order valence-corrected chi connectivity index (χ2v) is 5.11. The fourth-order valence-corrected chi connectivity index (χ4v) is 1.94. The van der Waals surface area contributed by atoms with Gasteiger partial charge >= 0.3 is 11.9 Å². The Morgan fingerprint density at radius 2 is 1.90 bits per heavy atom. The molecule has 1 rings (SSSR count). The molecule has 0 heterocycles. The Kier molecular flexibility index (Phi) is 4.53. The second kappa shape index (κ2) is 5.75. The molecule has 0 aliphatic rings.